The molecule has 25 heavy (non-hydrogen) atoms. The van der Waals surface area contributed by atoms with E-state index >= 15 is 0 Å². The molecule has 0 bridgehead atoms. The highest BCUT2D eigenvalue weighted by Gasteiger charge is 2.24. The molecule has 3 heterocycles. The van der Waals surface area contributed by atoms with Crippen LogP contribution in [0.25, 0.3) is 0 Å². The number of hydrogen-bond donors (Lipinski definition) is 1. The normalized spacial score (nSPS) is 16.8. The maximum absolute atomic E-state index is 12.4. The molecule has 0 saturated carbocycles. The zero-order chi connectivity index (χ0) is 17.6. The number of pyridine rings is 1. The standard InChI is InChI=1S/C18H24N4O3/c1-13(2)17-11-15(21-25-17)18(23)20-12-16(14-3-5-19-6-4-14)22-7-9-24-10-8-22/h3-6,11,13,16H,7-10,12H2,1-2H3,(H,20,23)/t16-/m1/s1. The topological polar surface area (TPSA) is 80.5 Å². The van der Waals surface area contributed by atoms with Crippen molar-refractivity contribution in [1.29, 1.82) is 0 Å². The maximum atomic E-state index is 12.4. The Balaban J connectivity index is 1.68. The molecule has 1 saturated heterocycles. The lowest BCUT2D eigenvalue weighted by atomic mass is 10.1. The minimum atomic E-state index is -0.219. The van der Waals surface area contributed by atoms with Gasteiger partial charge in [0.25, 0.3) is 5.91 Å². The van der Waals surface area contributed by atoms with Crippen LogP contribution in [0.1, 0.15) is 47.6 Å². The first-order chi connectivity index (χ1) is 12.1. The van der Waals surface area contributed by atoms with Gasteiger partial charge in [0.15, 0.2) is 5.69 Å². The van der Waals surface area contributed by atoms with E-state index in [1.807, 2.05) is 26.0 Å². The molecule has 1 aliphatic rings. The summed E-state index contributed by atoms with van der Waals surface area (Å²) in [6.45, 7) is 7.58. The molecular weight excluding hydrogens is 320 g/mol. The molecule has 1 fully saturated rings. The number of hydrogen-bond acceptors (Lipinski definition) is 6. The Morgan fingerprint density at radius 1 is 1.28 bits per heavy atom. The van der Waals surface area contributed by atoms with Crippen molar-refractivity contribution in [3.05, 3.63) is 47.6 Å². The average Bonchev–Trinajstić information content (AvgIpc) is 3.14. The lowest BCUT2D eigenvalue weighted by molar-refractivity contribution is 0.0162. The van der Waals surface area contributed by atoms with Crippen LogP contribution in [-0.4, -0.2) is 53.8 Å². The summed E-state index contributed by atoms with van der Waals surface area (Å²) in [6, 6.07) is 5.75. The van der Waals surface area contributed by atoms with Gasteiger partial charge >= 0.3 is 0 Å². The molecule has 0 radical (unpaired) electrons. The third kappa shape index (κ3) is 4.43. The predicted molar refractivity (Wildman–Crippen MR) is 92.3 cm³/mol. The van der Waals surface area contributed by atoms with Gasteiger partial charge in [0.05, 0.1) is 19.3 Å². The van der Waals surface area contributed by atoms with Gasteiger partial charge in [0, 0.05) is 44.0 Å². The summed E-state index contributed by atoms with van der Waals surface area (Å²) in [6.07, 6.45) is 3.55. The largest absolute Gasteiger partial charge is 0.379 e. The second-order valence-corrected chi connectivity index (χ2v) is 6.42. The third-order valence-electron chi connectivity index (χ3n) is 4.36. The van der Waals surface area contributed by atoms with Crippen LogP contribution in [0.3, 0.4) is 0 Å². The van der Waals surface area contributed by atoms with Gasteiger partial charge in [-0.05, 0) is 17.7 Å². The van der Waals surface area contributed by atoms with Crippen LogP contribution < -0.4 is 5.32 Å². The summed E-state index contributed by atoms with van der Waals surface area (Å²) in [5.41, 5.74) is 1.44. The van der Waals surface area contributed by atoms with E-state index in [0.717, 1.165) is 18.7 Å². The lowest BCUT2D eigenvalue weighted by Crippen LogP contribution is -2.43. The Morgan fingerprint density at radius 2 is 2.00 bits per heavy atom. The first kappa shape index (κ1) is 17.6. The molecular formula is C18H24N4O3. The Kier molecular flexibility index (Phi) is 5.78. The number of carbonyl (C=O) groups excluding carboxylic acids is 1. The van der Waals surface area contributed by atoms with E-state index in [4.69, 9.17) is 9.26 Å². The molecule has 2 aromatic heterocycles. The van der Waals surface area contributed by atoms with Crippen LogP contribution in [0, 0.1) is 0 Å². The zero-order valence-electron chi connectivity index (χ0n) is 14.6. The third-order valence-corrected chi connectivity index (χ3v) is 4.36. The minimum absolute atomic E-state index is 0.0762. The van der Waals surface area contributed by atoms with E-state index in [1.54, 1.807) is 18.5 Å². The number of morpholine rings is 1. The number of nitrogens with one attached hydrogen (secondary N) is 1. The van der Waals surface area contributed by atoms with Crippen molar-refractivity contribution < 1.29 is 14.1 Å². The quantitative estimate of drug-likeness (QED) is 0.863. The smallest absolute Gasteiger partial charge is 0.273 e. The van der Waals surface area contributed by atoms with E-state index in [-0.39, 0.29) is 17.9 Å². The molecule has 1 aliphatic heterocycles. The van der Waals surface area contributed by atoms with E-state index in [9.17, 15) is 4.79 Å². The Labute approximate surface area is 147 Å². The van der Waals surface area contributed by atoms with Gasteiger partial charge in [-0.3, -0.25) is 14.7 Å². The zero-order valence-corrected chi connectivity index (χ0v) is 14.6. The molecule has 134 valence electrons. The van der Waals surface area contributed by atoms with Crippen molar-refractivity contribution in [1.82, 2.24) is 20.4 Å². The monoisotopic (exact) mass is 344 g/mol. The van der Waals surface area contributed by atoms with Crippen molar-refractivity contribution in [2.45, 2.75) is 25.8 Å². The second kappa shape index (κ2) is 8.22. The molecule has 7 heteroatoms. The summed E-state index contributed by atoms with van der Waals surface area (Å²) >= 11 is 0. The van der Waals surface area contributed by atoms with Gasteiger partial charge in [-0.15, -0.1) is 0 Å². The summed E-state index contributed by atoms with van der Waals surface area (Å²) in [7, 11) is 0. The van der Waals surface area contributed by atoms with E-state index in [1.165, 1.54) is 0 Å². The average molecular weight is 344 g/mol. The highest BCUT2D eigenvalue weighted by molar-refractivity contribution is 5.92. The molecule has 0 unspecified atom stereocenters. The molecule has 1 amide bonds. The molecule has 0 aromatic carbocycles. The van der Waals surface area contributed by atoms with Crippen LogP contribution in [0.4, 0.5) is 0 Å². The molecule has 3 rings (SSSR count). The van der Waals surface area contributed by atoms with Crippen molar-refractivity contribution in [2.75, 3.05) is 32.8 Å². The fourth-order valence-electron chi connectivity index (χ4n) is 2.88. The SMILES string of the molecule is CC(C)c1cc(C(=O)NC[C@H](c2ccncc2)N2CCOCC2)no1. The Morgan fingerprint density at radius 3 is 2.64 bits per heavy atom. The number of amides is 1. The van der Waals surface area contributed by atoms with Gasteiger partial charge < -0.3 is 14.6 Å². The van der Waals surface area contributed by atoms with Gasteiger partial charge in [-0.1, -0.05) is 19.0 Å². The van der Waals surface area contributed by atoms with Crippen LogP contribution in [0.5, 0.6) is 0 Å². The predicted octanol–water partition coefficient (Wildman–Crippen LogP) is 2.00. The van der Waals surface area contributed by atoms with Crippen molar-refractivity contribution >= 4 is 5.91 Å². The van der Waals surface area contributed by atoms with E-state index in [2.05, 4.69) is 20.4 Å². The summed E-state index contributed by atoms with van der Waals surface area (Å²) in [5.74, 6) is 0.693. The van der Waals surface area contributed by atoms with E-state index in [0.29, 0.717) is 31.2 Å². The first-order valence-electron chi connectivity index (χ1n) is 8.61. The van der Waals surface area contributed by atoms with Gasteiger partial charge in [0.1, 0.15) is 5.76 Å². The molecule has 2 aromatic rings. The lowest BCUT2D eigenvalue weighted by Gasteiger charge is -2.34. The summed E-state index contributed by atoms with van der Waals surface area (Å²) in [5, 5.41) is 6.85. The van der Waals surface area contributed by atoms with Gasteiger partial charge in [-0.25, -0.2) is 0 Å². The van der Waals surface area contributed by atoms with Crippen LogP contribution >= 0.6 is 0 Å². The molecule has 1 N–H and O–H groups in total. The molecule has 1 atom stereocenters. The maximum Gasteiger partial charge on any atom is 0.273 e. The number of aromatic nitrogens is 2. The van der Waals surface area contributed by atoms with Gasteiger partial charge in [-0.2, -0.15) is 0 Å². The van der Waals surface area contributed by atoms with Crippen LogP contribution in [-0.2, 0) is 4.74 Å². The van der Waals surface area contributed by atoms with Crippen molar-refractivity contribution in [2.24, 2.45) is 0 Å². The Bertz CT molecular complexity index is 681. The molecule has 7 nitrogen and oxygen atoms in total. The van der Waals surface area contributed by atoms with E-state index < -0.39 is 0 Å². The van der Waals surface area contributed by atoms with Crippen LogP contribution in [0.15, 0.2) is 35.1 Å². The fourth-order valence-corrected chi connectivity index (χ4v) is 2.88. The minimum Gasteiger partial charge on any atom is -0.379 e. The Hall–Kier alpha value is -2.25. The molecule has 0 aliphatic carbocycles. The number of nitrogens with zero attached hydrogens (tertiary/aromatic N) is 3. The van der Waals surface area contributed by atoms with Crippen LogP contribution in [0.2, 0.25) is 0 Å². The first-order valence-corrected chi connectivity index (χ1v) is 8.61. The summed E-state index contributed by atoms with van der Waals surface area (Å²) < 4.78 is 10.7. The van der Waals surface area contributed by atoms with Gasteiger partial charge in [0.2, 0.25) is 0 Å². The second-order valence-electron chi connectivity index (χ2n) is 6.42. The number of ether oxygens (including phenoxy) is 1. The highest BCUT2D eigenvalue weighted by atomic mass is 16.5. The molecule has 0 spiro atoms. The fraction of sp³-hybridized carbons (Fsp3) is 0.500. The van der Waals surface area contributed by atoms with Crippen molar-refractivity contribution in [3.63, 3.8) is 0 Å². The number of carbonyl (C=O) groups is 1. The number of rotatable bonds is 6. The highest BCUT2D eigenvalue weighted by Crippen LogP contribution is 2.21. The summed E-state index contributed by atoms with van der Waals surface area (Å²) in [4.78, 5) is 18.8. The van der Waals surface area contributed by atoms with Crippen molar-refractivity contribution in [3.8, 4) is 0 Å².